The Morgan fingerprint density at radius 2 is 1.76 bits per heavy atom. The fourth-order valence-electron chi connectivity index (χ4n) is 4.71. The molecule has 1 aliphatic carbocycles. The Balaban J connectivity index is 1.64. The molecule has 1 heterocycles. The predicted molar refractivity (Wildman–Crippen MR) is 128 cm³/mol. The van der Waals surface area contributed by atoms with Crippen molar-refractivity contribution in [3.05, 3.63) is 48.6 Å². The highest BCUT2D eigenvalue weighted by atomic mass is 16.5. The van der Waals surface area contributed by atoms with Gasteiger partial charge in [0.25, 0.3) is 0 Å². The zero-order chi connectivity index (χ0) is 24.3. The van der Waals surface area contributed by atoms with Gasteiger partial charge in [0, 0.05) is 12.5 Å². The molecule has 2 aliphatic rings. The Bertz CT molecular complexity index is 866. The van der Waals surface area contributed by atoms with Gasteiger partial charge in [-0.3, -0.25) is 14.4 Å². The lowest BCUT2D eigenvalue weighted by Gasteiger charge is -2.28. The summed E-state index contributed by atoms with van der Waals surface area (Å²) in [5.41, 5.74) is 0.845. The minimum Gasteiger partial charge on any atom is -0.445 e. The molecule has 3 rings (SSSR count). The van der Waals surface area contributed by atoms with Crippen LogP contribution in [0.1, 0.15) is 56.9 Å². The Morgan fingerprint density at radius 1 is 1.03 bits per heavy atom. The van der Waals surface area contributed by atoms with Crippen LogP contribution in [0.25, 0.3) is 0 Å². The molecule has 0 spiro atoms. The van der Waals surface area contributed by atoms with Crippen molar-refractivity contribution in [3.8, 4) is 0 Å². The van der Waals surface area contributed by atoms with E-state index in [1.54, 1.807) is 0 Å². The van der Waals surface area contributed by atoms with Crippen LogP contribution < -0.4 is 16.0 Å². The van der Waals surface area contributed by atoms with Crippen molar-refractivity contribution in [3.63, 3.8) is 0 Å². The standard InChI is InChI=1S/C26H35N3O5/c1-2-23(30)21(16-20-13-14-27-24(20)31)28-25(32)22(15-18-9-5-3-6-10-18)29-26(33)34-17-19-11-7-4-8-12-19/h2,4,7-8,11-12,18,20-22H,1,3,5-6,9-10,13-17H2,(H,27,31)(H,28,32)(H,29,33)/t20-,21-,22-/m0/s1. The number of ether oxygens (including phenoxy) is 1. The van der Waals surface area contributed by atoms with Gasteiger partial charge in [-0.25, -0.2) is 4.79 Å². The summed E-state index contributed by atoms with van der Waals surface area (Å²) in [6, 6.07) is 7.60. The molecule has 3 N–H and O–H groups in total. The highest BCUT2D eigenvalue weighted by Crippen LogP contribution is 2.27. The maximum absolute atomic E-state index is 13.2. The second-order valence-corrected chi connectivity index (χ2v) is 9.18. The summed E-state index contributed by atoms with van der Waals surface area (Å²) < 4.78 is 5.33. The van der Waals surface area contributed by atoms with Crippen LogP contribution in [0.2, 0.25) is 0 Å². The summed E-state index contributed by atoms with van der Waals surface area (Å²) in [6.07, 6.45) is 7.17. The van der Waals surface area contributed by atoms with Gasteiger partial charge in [-0.1, -0.05) is 69.0 Å². The molecule has 184 valence electrons. The highest BCUT2D eigenvalue weighted by Gasteiger charge is 2.33. The van der Waals surface area contributed by atoms with Gasteiger partial charge < -0.3 is 20.7 Å². The van der Waals surface area contributed by atoms with Gasteiger partial charge in [0.1, 0.15) is 12.6 Å². The monoisotopic (exact) mass is 469 g/mol. The fourth-order valence-corrected chi connectivity index (χ4v) is 4.71. The fraction of sp³-hybridized carbons (Fsp3) is 0.538. The molecular weight excluding hydrogens is 434 g/mol. The zero-order valence-electron chi connectivity index (χ0n) is 19.6. The van der Waals surface area contributed by atoms with Crippen LogP contribution in [-0.4, -0.2) is 42.3 Å². The summed E-state index contributed by atoms with van der Waals surface area (Å²) in [5, 5.41) is 8.24. The Labute approximate surface area is 200 Å². The summed E-state index contributed by atoms with van der Waals surface area (Å²) >= 11 is 0. The SMILES string of the molecule is C=CC(=O)[C@H](C[C@@H]1CCNC1=O)NC(=O)[C@H](CC1CCCCC1)NC(=O)OCc1ccccc1. The van der Waals surface area contributed by atoms with Gasteiger partial charge in [-0.15, -0.1) is 0 Å². The van der Waals surface area contributed by atoms with Crippen LogP contribution >= 0.6 is 0 Å². The summed E-state index contributed by atoms with van der Waals surface area (Å²) in [6.45, 7) is 4.19. The van der Waals surface area contributed by atoms with E-state index in [4.69, 9.17) is 4.74 Å². The van der Waals surface area contributed by atoms with Gasteiger partial charge in [0.05, 0.1) is 6.04 Å². The molecule has 8 nitrogen and oxygen atoms in total. The molecule has 1 aliphatic heterocycles. The smallest absolute Gasteiger partial charge is 0.408 e. The first kappa shape index (κ1) is 25.5. The van der Waals surface area contributed by atoms with E-state index < -0.39 is 24.1 Å². The number of carbonyl (C=O) groups is 4. The second kappa shape index (κ2) is 12.9. The molecule has 8 heteroatoms. The Hall–Kier alpha value is -3.16. The number of nitrogens with one attached hydrogen (secondary N) is 3. The number of benzene rings is 1. The molecule has 0 unspecified atom stereocenters. The first-order valence-electron chi connectivity index (χ1n) is 12.2. The van der Waals surface area contributed by atoms with E-state index in [9.17, 15) is 19.2 Å². The molecule has 0 bridgehead atoms. The molecule has 1 aromatic carbocycles. The Kier molecular flexibility index (Phi) is 9.67. The van der Waals surface area contributed by atoms with Crippen LogP contribution in [0.3, 0.4) is 0 Å². The molecule has 1 saturated carbocycles. The molecule has 3 amide bonds. The van der Waals surface area contributed by atoms with Crippen LogP contribution in [0.4, 0.5) is 4.79 Å². The number of alkyl carbamates (subject to hydrolysis) is 1. The average molecular weight is 470 g/mol. The van der Waals surface area contributed by atoms with Gasteiger partial charge in [0.15, 0.2) is 5.78 Å². The van der Waals surface area contributed by atoms with Crippen molar-refractivity contribution >= 4 is 23.7 Å². The lowest BCUT2D eigenvalue weighted by molar-refractivity contribution is -0.129. The van der Waals surface area contributed by atoms with Gasteiger partial charge >= 0.3 is 6.09 Å². The van der Waals surface area contributed by atoms with Crippen LogP contribution in [-0.2, 0) is 25.7 Å². The van der Waals surface area contributed by atoms with E-state index in [1.165, 1.54) is 6.42 Å². The maximum atomic E-state index is 13.2. The average Bonchev–Trinajstić information content (AvgIpc) is 3.26. The number of hydrogen-bond donors (Lipinski definition) is 3. The molecule has 0 radical (unpaired) electrons. The summed E-state index contributed by atoms with van der Waals surface area (Å²) in [7, 11) is 0. The molecule has 1 saturated heterocycles. The number of carbonyl (C=O) groups excluding carboxylic acids is 4. The van der Waals surface area contributed by atoms with E-state index in [1.807, 2.05) is 30.3 Å². The van der Waals surface area contributed by atoms with Gasteiger partial charge in [0.2, 0.25) is 11.8 Å². The van der Waals surface area contributed by atoms with Crippen molar-refractivity contribution in [1.29, 1.82) is 0 Å². The third kappa shape index (κ3) is 7.71. The van der Waals surface area contributed by atoms with Gasteiger partial charge in [-0.05, 0) is 36.8 Å². The van der Waals surface area contributed by atoms with Crippen molar-refractivity contribution < 1.29 is 23.9 Å². The van der Waals surface area contributed by atoms with Crippen molar-refractivity contribution in [2.75, 3.05) is 6.54 Å². The molecule has 3 atom stereocenters. The normalized spacial score (nSPS) is 20.0. The topological polar surface area (TPSA) is 114 Å². The van der Waals surface area contributed by atoms with E-state index in [2.05, 4.69) is 22.5 Å². The van der Waals surface area contributed by atoms with Crippen molar-refractivity contribution in [1.82, 2.24) is 16.0 Å². The minimum atomic E-state index is -0.866. The van der Waals surface area contributed by atoms with E-state index in [0.717, 1.165) is 37.3 Å². The summed E-state index contributed by atoms with van der Waals surface area (Å²) in [4.78, 5) is 50.2. The van der Waals surface area contributed by atoms with Crippen molar-refractivity contribution in [2.24, 2.45) is 11.8 Å². The lowest BCUT2D eigenvalue weighted by atomic mass is 9.84. The second-order valence-electron chi connectivity index (χ2n) is 9.18. The van der Waals surface area contributed by atoms with E-state index >= 15 is 0 Å². The van der Waals surface area contributed by atoms with Crippen molar-refractivity contribution in [2.45, 2.75) is 70.1 Å². The molecule has 0 aromatic heterocycles. The van der Waals surface area contributed by atoms with Crippen LogP contribution in [0, 0.1) is 11.8 Å². The van der Waals surface area contributed by atoms with E-state index in [0.29, 0.717) is 25.3 Å². The number of hydrogen-bond acceptors (Lipinski definition) is 5. The molecule has 1 aromatic rings. The highest BCUT2D eigenvalue weighted by molar-refractivity contribution is 5.98. The minimum absolute atomic E-state index is 0.0960. The largest absolute Gasteiger partial charge is 0.445 e. The predicted octanol–water partition coefficient (Wildman–Crippen LogP) is 3.02. The third-order valence-electron chi connectivity index (χ3n) is 6.66. The number of amides is 3. The number of rotatable bonds is 11. The first-order valence-corrected chi connectivity index (χ1v) is 12.2. The quantitative estimate of drug-likeness (QED) is 0.431. The molecule has 2 fully saturated rings. The van der Waals surface area contributed by atoms with E-state index in [-0.39, 0.29) is 30.6 Å². The first-order chi connectivity index (χ1) is 16.5. The molecule has 34 heavy (non-hydrogen) atoms. The Morgan fingerprint density at radius 3 is 2.41 bits per heavy atom. The lowest BCUT2D eigenvalue weighted by Crippen LogP contribution is -2.52. The summed E-state index contributed by atoms with van der Waals surface area (Å²) in [5.74, 6) is -0.933. The van der Waals surface area contributed by atoms with Crippen LogP contribution in [0.15, 0.2) is 43.0 Å². The van der Waals surface area contributed by atoms with Gasteiger partial charge in [-0.2, -0.15) is 0 Å². The zero-order valence-corrected chi connectivity index (χ0v) is 19.6. The number of ketones is 1. The third-order valence-corrected chi connectivity index (χ3v) is 6.66. The maximum Gasteiger partial charge on any atom is 0.408 e. The molecular formula is C26H35N3O5. The van der Waals surface area contributed by atoms with Crippen LogP contribution in [0.5, 0.6) is 0 Å².